The Morgan fingerprint density at radius 1 is 1.50 bits per heavy atom. The second-order valence-corrected chi connectivity index (χ2v) is 8.01. The molecule has 1 rings (SSSR count). The van der Waals surface area contributed by atoms with Crippen molar-refractivity contribution < 1.29 is 9.48 Å². The number of nitro groups is 1. The van der Waals surface area contributed by atoms with E-state index >= 15 is 0 Å². The minimum Gasteiger partial charge on any atom is -0.591 e. The zero-order valence-electron chi connectivity index (χ0n) is 11.0. The van der Waals surface area contributed by atoms with Crippen LogP contribution < -0.4 is 0 Å². The first-order chi connectivity index (χ1) is 8.12. The molecule has 1 aromatic heterocycles. The molecule has 0 amide bonds. The van der Waals surface area contributed by atoms with E-state index < -0.39 is 21.0 Å². The predicted octanol–water partition coefficient (Wildman–Crippen LogP) is 3.24. The van der Waals surface area contributed by atoms with E-state index in [2.05, 4.69) is 4.40 Å². The number of aryl methyl sites for hydroxylation is 1. The lowest BCUT2D eigenvalue weighted by atomic mass is 10.3. The Morgan fingerprint density at radius 3 is 2.44 bits per heavy atom. The summed E-state index contributed by atoms with van der Waals surface area (Å²) in [4.78, 5) is 11.7. The van der Waals surface area contributed by atoms with E-state index in [1.54, 1.807) is 13.8 Å². The molecule has 0 fully saturated rings. The molecule has 0 N–H and O–H groups in total. The number of rotatable bonds is 3. The fraction of sp³-hybridized carbons (Fsp3) is 0.545. The molecule has 7 heteroatoms. The van der Waals surface area contributed by atoms with Crippen LogP contribution in [0, 0.1) is 17.0 Å². The monoisotopic (exact) mass is 288 g/mol. The van der Waals surface area contributed by atoms with Crippen molar-refractivity contribution in [2.75, 3.05) is 0 Å². The van der Waals surface area contributed by atoms with Crippen molar-refractivity contribution in [1.29, 1.82) is 0 Å². The van der Waals surface area contributed by atoms with Crippen LogP contribution in [0.2, 0.25) is 0 Å². The molecule has 0 radical (unpaired) electrons. The van der Waals surface area contributed by atoms with Gasteiger partial charge < -0.3 is 4.55 Å². The van der Waals surface area contributed by atoms with E-state index in [-0.39, 0.29) is 5.69 Å². The maximum absolute atomic E-state index is 11.9. The lowest BCUT2D eigenvalue weighted by Crippen LogP contribution is -2.26. The van der Waals surface area contributed by atoms with Crippen LogP contribution in [0.5, 0.6) is 0 Å². The van der Waals surface area contributed by atoms with Crippen molar-refractivity contribution in [3.8, 4) is 0 Å². The highest BCUT2D eigenvalue weighted by Crippen LogP contribution is 2.29. The molecule has 0 bridgehead atoms. The lowest BCUT2D eigenvalue weighted by molar-refractivity contribution is -0.385. The van der Waals surface area contributed by atoms with Crippen LogP contribution in [0.15, 0.2) is 10.5 Å². The van der Waals surface area contributed by atoms with E-state index in [0.29, 0.717) is 15.5 Å². The summed E-state index contributed by atoms with van der Waals surface area (Å²) in [5.74, 6) is 0. The summed E-state index contributed by atoms with van der Waals surface area (Å²) in [6, 6.07) is 1.48. The Balaban J connectivity index is 3.05. The zero-order valence-corrected chi connectivity index (χ0v) is 12.6. The highest BCUT2D eigenvalue weighted by atomic mass is 32.2. The Bertz CT molecular complexity index is 489. The van der Waals surface area contributed by atoms with Crippen LogP contribution >= 0.6 is 11.3 Å². The van der Waals surface area contributed by atoms with E-state index in [9.17, 15) is 14.7 Å². The summed E-state index contributed by atoms with van der Waals surface area (Å²) in [5, 5.41) is 10.8. The largest absolute Gasteiger partial charge is 0.591 e. The first-order valence-corrected chi connectivity index (χ1v) is 7.27. The predicted molar refractivity (Wildman–Crippen MR) is 75.8 cm³/mol. The first kappa shape index (κ1) is 15.1. The van der Waals surface area contributed by atoms with Gasteiger partial charge in [0.05, 0.1) is 14.7 Å². The number of nitrogens with zero attached hydrogens (tertiary/aromatic N) is 2. The summed E-state index contributed by atoms with van der Waals surface area (Å²) in [7, 11) is 0. The van der Waals surface area contributed by atoms with Gasteiger partial charge in [0.15, 0.2) is 0 Å². The summed E-state index contributed by atoms with van der Waals surface area (Å²) < 4.78 is 15.5. The van der Waals surface area contributed by atoms with Gasteiger partial charge in [-0.2, -0.15) is 0 Å². The number of thiophene rings is 1. The molecule has 18 heavy (non-hydrogen) atoms. The highest BCUT2D eigenvalue weighted by molar-refractivity contribution is 7.91. The summed E-state index contributed by atoms with van der Waals surface area (Å²) in [6.45, 7) is 8.92. The van der Waals surface area contributed by atoms with Crippen LogP contribution in [-0.2, 0) is 11.4 Å². The number of hydrogen-bond donors (Lipinski definition) is 0. The van der Waals surface area contributed by atoms with Crippen LogP contribution in [0.1, 0.15) is 37.4 Å². The van der Waals surface area contributed by atoms with Crippen molar-refractivity contribution in [2.24, 2.45) is 4.40 Å². The molecular weight excluding hydrogens is 272 g/mol. The summed E-state index contributed by atoms with van der Waals surface area (Å²) >= 11 is -0.0547. The maximum atomic E-state index is 11.9. The molecule has 5 nitrogen and oxygen atoms in total. The second-order valence-electron chi connectivity index (χ2n) is 4.85. The van der Waals surface area contributed by atoms with Gasteiger partial charge >= 0.3 is 0 Å². The topological polar surface area (TPSA) is 78.6 Å². The molecule has 1 aromatic rings. The van der Waals surface area contributed by atoms with Crippen LogP contribution in [0.4, 0.5) is 5.69 Å². The zero-order chi connectivity index (χ0) is 14.1. The molecule has 0 spiro atoms. The molecule has 0 aliphatic carbocycles. The van der Waals surface area contributed by atoms with E-state index in [4.69, 9.17) is 0 Å². The normalized spacial score (nSPS) is 14.7. The van der Waals surface area contributed by atoms with Crippen LogP contribution in [-0.4, -0.2) is 19.9 Å². The van der Waals surface area contributed by atoms with Crippen molar-refractivity contribution in [3.05, 3.63) is 25.9 Å². The third kappa shape index (κ3) is 3.54. The van der Waals surface area contributed by atoms with Gasteiger partial charge in [0.2, 0.25) is 0 Å². The minimum atomic E-state index is -1.35. The first-order valence-electron chi connectivity index (χ1n) is 5.35. The van der Waals surface area contributed by atoms with Crippen molar-refractivity contribution in [1.82, 2.24) is 0 Å². The van der Waals surface area contributed by atoms with Gasteiger partial charge in [-0.1, -0.05) is 4.40 Å². The van der Waals surface area contributed by atoms with Crippen LogP contribution in [0.3, 0.4) is 0 Å². The summed E-state index contributed by atoms with van der Waals surface area (Å²) in [6.07, 6.45) is 0. The van der Waals surface area contributed by atoms with Gasteiger partial charge in [-0.05, 0) is 34.6 Å². The maximum Gasteiger partial charge on any atom is 0.283 e. The smallest absolute Gasteiger partial charge is 0.283 e. The van der Waals surface area contributed by atoms with Crippen molar-refractivity contribution in [3.63, 3.8) is 0 Å². The van der Waals surface area contributed by atoms with Gasteiger partial charge in [-0.3, -0.25) is 10.1 Å². The SMILES string of the molecule is C/C(=N\[S@+]([O-])C(C)(C)C)c1cc([N+](=O)[O-])c(C)s1. The van der Waals surface area contributed by atoms with Gasteiger partial charge in [0, 0.05) is 6.07 Å². The molecule has 0 aliphatic rings. The van der Waals surface area contributed by atoms with Crippen molar-refractivity contribution >= 4 is 34.1 Å². The Labute approximate surface area is 113 Å². The standard InChI is InChI=1S/C11H16N2O3S2/c1-7(12-18(16)11(3,4)5)10-6-9(13(14)15)8(2)17-10/h6H,1-5H3/b12-7+/t18-/m1/s1. The molecule has 0 aliphatic heterocycles. The third-order valence-electron chi connectivity index (χ3n) is 2.19. The average molecular weight is 288 g/mol. The number of hydrogen-bond acceptors (Lipinski definition) is 5. The van der Waals surface area contributed by atoms with Gasteiger partial charge in [-0.15, -0.1) is 11.3 Å². The van der Waals surface area contributed by atoms with Crippen LogP contribution in [0.25, 0.3) is 0 Å². The van der Waals surface area contributed by atoms with E-state index in [0.717, 1.165) is 0 Å². The Hall–Kier alpha value is -0.920. The Morgan fingerprint density at radius 2 is 2.06 bits per heavy atom. The quantitative estimate of drug-likeness (QED) is 0.371. The lowest BCUT2D eigenvalue weighted by Gasteiger charge is -2.18. The molecule has 100 valence electrons. The van der Waals surface area contributed by atoms with E-state index in [1.165, 1.54) is 17.4 Å². The minimum absolute atomic E-state index is 0.0890. The highest BCUT2D eigenvalue weighted by Gasteiger charge is 2.27. The Kier molecular flexibility index (Phi) is 4.52. The molecule has 1 atom stereocenters. The fourth-order valence-electron chi connectivity index (χ4n) is 1.14. The molecule has 1 heterocycles. The molecule has 0 saturated heterocycles. The average Bonchev–Trinajstić information content (AvgIpc) is 2.58. The molecular formula is C11H16N2O3S2. The van der Waals surface area contributed by atoms with Gasteiger partial charge in [-0.25, -0.2) is 0 Å². The molecule has 0 saturated carbocycles. The molecule has 0 aromatic carbocycles. The second kappa shape index (κ2) is 5.38. The van der Waals surface area contributed by atoms with Gasteiger partial charge in [0.25, 0.3) is 5.69 Å². The van der Waals surface area contributed by atoms with E-state index in [1.807, 2.05) is 20.8 Å². The third-order valence-corrected chi connectivity index (χ3v) is 4.82. The van der Waals surface area contributed by atoms with Gasteiger partial charge in [0.1, 0.15) is 21.8 Å². The van der Waals surface area contributed by atoms with Crippen molar-refractivity contribution in [2.45, 2.75) is 39.4 Å². The molecule has 0 unspecified atom stereocenters. The summed E-state index contributed by atoms with van der Waals surface area (Å²) in [5.41, 5.74) is 0.663. The fourth-order valence-corrected chi connectivity index (χ4v) is 2.75.